The zero-order valence-electron chi connectivity index (χ0n) is 10.4. The van der Waals surface area contributed by atoms with E-state index in [4.69, 9.17) is 0 Å². The highest BCUT2D eigenvalue weighted by Crippen LogP contribution is 2.24. The molecule has 0 radical (unpaired) electrons. The summed E-state index contributed by atoms with van der Waals surface area (Å²) in [6.07, 6.45) is 10.7. The summed E-state index contributed by atoms with van der Waals surface area (Å²) >= 11 is 0. The summed E-state index contributed by atoms with van der Waals surface area (Å²) in [5.41, 5.74) is 1.44. The fourth-order valence-corrected chi connectivity index (χ4v) is 1.98. The average Bonchev–Trinajstić information content (AvgIpc) is 2.84. The summed E-state index contributed by atoms with van der Waals surface area (Å²) in [4.78, 5) is 4.26. The molecule has 0 saturated heterocycles. The van der Waals surface area contributed by atoms with Gasteiger partial charge in [-0.3, -0.25) is 0 Å². The summed E-state index contributed by atoms with van der Waals surface area (Å²) in [6, 6.07) is 0.583. The van der Waals surface area contributed by atoms with Crippen molar-refractivity contribution in [3.8, 4) is 0 Å². The van der Waals surface area contributed by atoms with Gasteiger partial charge in [0.15, 0.2) is 0 Å². The molecular weight excluding hydrogens is 198 g/mol. The van der Waals surface area contributed by atoms with Gasteiger partial charge < -0.3 is 9.88 Å². The Morgan fingerprint density at radius 2 is 2.06 bits per heavy atom. The first-order chi connectivity index (χ1) is 7.56. The highest BCUT2D eigenvalue weighted by molar-refractivity contribution is 5.06. The highest BCUT2D eigenvalue weighted by atomic mass is 15.1. The van der Waals surface area contributed by atoms with Crippen molar-refractivity contribution in [2.24, 2.45) is 0 Å². The van der Waals surface area contributed by atoms with Crippen LogP contribution >= 0.6 is 0 Å². The second kappa shape index (κ2) is 4.42. The predicted octanol–water partition coefficient (Wildman–Crippen LogP) is 2.66. The first-order valence-electron chi connectivity index (χ1n) is 5.97. The number of hydrogen-bond donors (Lipinski definition) is 1. The lowest BCUT2D eigenvalue weighted by Crippen LogP contribution is -2.35. The zero-order valence-corrected chi connectivity index (χ0v) is 10.4. The number of nitrogens with one attached hydrogen (secondary N) is 1. The van der Waals surface area contributed by atoms with E-state index in [1.54, 1.807) is 0 Å². The summed E-state index contributed by atoms with van der Waals surface area (Å²) in [7, 11) is 0. The summed E-state index contributed by atoms with van der Waals surface area (Å²) in [5, 5.41) is 3.51. The lowest BCUT2D eigenvalue weighted by atomic mass is 10.1. The van der Waals surface area contributed by atoms with Crippen LogP contribution in [0.1, 0.15) is 45.3 Å². The molecule has 88 valence electrons. The molecule has 16 heavy (non-hydrogen) atoms. The molecule has 1 N–H and O–H groups in total. The smallest absolute Gasteiger partial charge is 0.0951 e. The van der Waals surface area contributed by atoms with Crippen LogP contribution in [-0.2, 0) is 6.54 Å². The Bertz CT molecular complexity index is 363. The molecule has 0 bridgehead atoms. The second-order valence-electron chi connectivity index (χ2n) is 5.49. The normalized spacial score (nSPS) is 17.2. The van der Waals surface area contributed by atoms with E-state index in [1.807, 2.05) is 12.5 Å². The Morgan fingerprint density at radius 1 is 1.38 bits per heavy atom. The number of nitrogens with zero attached hydrogens (tertiary/aromatic N) is 2. The van der Waals surface area contributed by atoms with Gasteiger partial charge in [0.1, 0.15) is 0 Å². The van der Waals surface area contributed by atoms with Crippen LogP contribution < -0.4 is 5.32 Å². The lowest BCUT2D eigenvalue weighted by molar-refractivity contribution is 0.407. The molecule has 1 aliphatic rings. The van der Waals surface area contributed by atoms with E-state index in [0.29, 0.717) is 6.04 Å². The summed E-state index contributed by atoms with van der Waals surface area (Å²) < 4.78 is 2.30. The minimum absolute atomic E-state index is 0.156. The van der Waals surface area contributed by atoms with E-state index in [2.05, 4.69) is 47.8 Å². The van der Waals surface area contributed by atoms with Crippen LogP contribution in [0.25, 0.3) is 0 Å². The fourth-order valence-electron chi connectivity index (χ4n) is 1.98. The predicted molar refractivity (Wildman–Crippen MR) is 66.2 cm³/mol. The average molecular weight is 219 g/mol. The number of hydrogen-bond acceptors (Lipinski definition) is 2. The number of rotatable bonds is 3. The van der Waals surface area contributed by atoms with Crippen LogP contribution in [0.5, 0.6) is 0 Å². The van der Waals surface area contributed by atoms with Crippen molar-refractivity contribution < 1.29 is 0 Å². The molecule has 2 rings (SSSR count). The third-order valence-electron chi connectivity index (χ3n) is 2.92. The van der Waals surface area contributed by atoms with Crippen molar-refractivity contribution in [3.05, 3.63) is 30.4 Å². The Hall–Kier alpha value is -1.09. The van der Waals surface area contributed by atoms with Crippen LogP contribution in [0.2, 0.25) is 0 Å². The van der Waals surface area contributed by atoms with E-state index >= 15 is 0 Å². The van der Waals surface area contributed by atoms with Crippen molar-refractivity contribution in [1.82, 2.24) is 14.9 Å². The topological polar surface area (TPSA) is 29.9 Å². The van der Waals surface area contributed by atoms with Crippen molar-refractivity contribution in [2.75, 3.05) is 0 Å². The molecule has 0 amide bonds. The van der Waals surface area contributed by atoms with E-state index in [0.717, 1.165) is 19.4 Å². The molecule has 0 spiro atoms. The first-order valence-corrected chi connectivity index (χ1v) is 5.97. The molecule has 0 atom stereocenters. The molecule has 1 aliphatic carbocycles. The molecule has 3 nitrogen and oxygen atoms in total. The van der Waals surface area contributed by atoms with Crippen LogP contribution in [0.4, 0.5) is 0 Å². The quantitative estimate of drug-likeness (QED) is 0.792. The summed E-state index contributed by atoms with van der Waals surface area (Å²) in [5.74, 6) is 0. The van der Waals surface area contributed by atoms with Crippen LogP contribution in [0.15, 0.2) is 24.7 Å². The van der Waals surface area contributed by atoms with Gasteiger partial charge in [0, 0.05) is 24.3 Å². The minimum Gasteiger partial charge on any atom is -0.330 e. The highest BCUT2D eigenvalue weighted by Gasteiger charge is 2.16. The van der Waals surface area contributed by atoms with E-state index in [1.165, 1.54) is 5.69 Å². The zero-order chi connectivity index (χ0) is 11.6. The van der Waals surface area contributed by atoms with Gasteiger partial charge in [-0.05, 0) is 33.6 Å². The largest absolute Gasteiger partial charge is 0.330 e. The van der Waals surface area contributed by atoms with Crippen LogP contribution in [0.3, 0.4) is 0 Å². The third-order valence-corrected chi connectivity index (χ3v) is 2.92. The van der Waals surface area contributed by atoms with Gasteiger partial charge in [-0.25, -0.2) is 4.98 Å². The molecule has 3 heteroatoms. The Morgan fingerprint density at radius 3 is 2.69 bits per heavy atom. The fraction of sp³-hybridized carbons (Fsp3) is 0.615. The maximum absolute atomic E-state index is 4.26. The second-order valence-corrected chi connectivity index (χ2v) is 5.49. The molecule has 0 fully saturated rings. The van der Waals surface area contributed by atoms with Crippen molar-refractivity contribution in [2.45, 2.75) is 51.7 Å². The van der Waals surface area contributed by atoms with Crippen LogP contribution in [-0.4, -0.2) is 15.1 Å². The summed E-state index contributed by atoms with van der Waals surface area (Å²) in [6.45, 7) is 7.44. The molecule has 1 heterocycles. The van der Waals surface area contributed by atoms with Gasteiger partial charge >= 0.3 is 0 Å². The molecule has 1 aromatic heterocycles. The molecule has 0 aromatic carbocycles. The molecule has 0 unspecified atom stereocenters. The minimum atomic E-state index is 0.156. The van der Waals surface area contributed by atoms with E-state index in [-0.39, 0.29) is 5.54 Å². The van der Waals surface area contributed by atoms with Crippen molar-refractivity contribution in [3.63, 3.8) is 0 Å². The Balaban J connectivity index is 2.02. The van der Waals surface area contributed by atoms with Crippen molar-refractivity contribution in [1.29, 1.82) is 0 Å². The molecule has 1 aromatic rings. The number of allylic oxidation sites excluding steroid dienone is 2. The Labute approximate surface area is 97.6 Å². The molecular formula is C13H21N3. The van der Waals surface area contributed by atoms with Crippen molar-refractivity contribution >= 4 is 0 Å². The standard InChI is InChI=1S/C13H21N3/c1-13(2,3)15-9-12-8-14-10-16(12)11-6-4-5-7-11/h4-5,8,10-11,15H,6-7,9H2,1-3H3. The van der Waals surface area contributed by atoms with Gasteiger partial charge in [0.05, 0.1) is 12.0 Å². The number of imidazole rings is 1. The first kappa shape index (κ1) is 11.4. The van der Waals surface area contributed by atoms with Gasteiger partial charge in [0.25, 0.3) is 0 Å². The maximum atomic E-state index is 4.26. The third kappa shape index (κ3) is 2.73. The molecule has 0 aliphatic heterocycles. The number of aromatic nitrogens is 2. The van der Waals surface area contributed by atoms with E-state index in [9.17, 15) is 0 Å². The lowest BCUT2D eigenvalue weighted by Gasteiger charge is -2.22. The Kier molecular flexibility index (Phi) is 3.15. The molecule has 0 saturated carbocycles. The van der Waals surface area contributed by atoms with Crippen LogP contribution in [0, 0.1) is 0 Å². The maximum Gasteiger partial charge on any atom is 0.0951 e. The monoisotopic (exact) mass is 219 g/mol. The van der Waals surface area contributed by atoms with E-state index < -0.39 is 0 Å². The van der Waals surface area contributed by atoms with Gasteiger partial charge in [-0.15, -0.1) is 0 Å². The van der Waals surface area contributed by atoms with Gasteiger partial charge in [-0.2, -0.15) is 0 Å². The van der Waals surface area contributed by atoms with Gasteiger partial charge in [0.2, 0.25) is 0 Å². The SMILES string of the molecule is CC(C)(C)NCc1cncn1C1CC=CC1. The van der Waals surface area contributed by atoms with Gasteiger partial charge in [-0.1, -0.05) is 12.2 Å².